The van der Waals surface area contributed by atoms with E-state index in [0.29, 0.717) is 18.2 Å². The van der Waals surface area contributed by atoms with Gasteiger partial charge < -0.3 is 5.32 Å². The predicted molar refractivity (Wildman–Crippen MR) is 63.7 cm³/mol. The Kier molecular flexibility index (Phi) is 4.13. The molecule has 0 bridgehead atoms. The number of carbonyl (C=O) groups is 1. The standard InChI is InChI=1S/C12H15N4O/c17-12(10-5-2-1-3-6-10)15-16-14-9-11-7-4-8-13-11/h1-3,5-6,11,13H,4,7-9H2/q+1/t11-/m0/s1. The number of rotatable bonds is 3. The fourth-order valence-electron chi connectivity index (χ4n) is 1.76. The van der Waals surface area contributed by atoms with E-state index in [1.165, 1.54) is 6.42 Å². The Morgan fingerprint density at radius 3 is 2.94 bits per heavy atom. The predicted octanol–water partition coefficient (Wildman–Crippen LogP) is 1.55. The highest BCUT2D eigenvalue weighted by molar-refractivity contribution is 5.94. The summed E-state index contributed by atoms with van der Waals surface area (Å²) in [6.07, 6.45) is 2.30. The van der Waals surface area contributed by atoms with E-state index >= 15 is 0 Å². The second-order valence-electron chi connectivity index (χ2n) is 3.98. The van der Waals surface area contributed by atoms with Crippen molar-refractivity contribution in [3.63, 3.8) is 0 Å². The van der Waals surface area contributed by atoms with E-state index in [0.717, 1.165) is 13.0 Å². The fourth-order valence-corrected chi connectivity index (χ4v) is 1.76. The molecule has 0 aromatic heterocycles. The van der Waals surface area contributed by atoms with Crippen LogP contribution in [0.5, 0.6) is 0 Å². The van der Waals surface area contributed by atoms with E-state index in [-0.39, 0.29) is 5.91 Å². The Labute approximate surface area is 99.7 Å². The molecule has 1 fully saturated rings. The van der Waals surface area contributed by atoms with Gasteiger partial charge in [-0.2, -0.15) is 0 Å². The minimum atomic E-state index is -0.353. The minimum absolute atomic E-state index is 0.353. The zero-order chi connectivity index (χ0) is 11.9. The fraction of sp³-hybridized carbons (Fsp3) is 0.417. The topological polar surface area (TPSA) is 67.9 Å². The van der Waals surface area contributed by atoms with Gasteiger partial charge in [0.25, 0.3) is 0 Å². The molecule has 1 atom stereocenters. The first kappa shape index (κ1) is 11.6. The van der Waals surface area contributed by atoms with Gasteiger partial charge in [-0.3, -0.25) is 4.79 Å². The van der Waals surface area contributed by atoms with Gasteiger partial charge in [0.2, 0.25) is 10.0 Å². The second-order valence-corrected chi connectivity index (χ2v) is 3.98. The van der Waals surface area contributed by atoms with Gasteiger partial charge in [-0.05, 0) is 31.5 Å². The molecule has 0 radical (unpaired) electrons. The highest BCUT2D eigenvalue weighted by Gasteiger charge is 2.15. The van der Waals surface area contributed by atoms with Crippen molar-refractivity contribution in [1.29, 1.82) is 0 Å². The summed E-state index contributed by atoms with van der Waals surface area (Å²) in [7, 11) is 0. The Balaban J connectivity index is 1.87. The molecule has 1 heterocycles. The van der Waals surface area contributed by atoms with Crippen molar-refractivity contribution in [3.05, 3.63) is 35.9 Å². The summed E-state index contributed by atoms with van der Waals surface area (Å²) in [5, 5.41) is 10.7. The molecular weight excluding hydrogens is 216 g/mol. The van der Waals surface area contributed by atoms with Crippen LogP contribution in [-0.4, -0.2) is 25.0 Å². The lowest BCUT2D eigenvalue weighted by Crippen LogP contribution is -2.24. The van der Waals surface area contributed by atoms with Crippen molar-refractivity contribution in [2.75, 3.05) is 13.1 Å². The average Bonchev–Trinajstić information content (AvgIpc) is 2.88. The normalized spacial score (nSPS) is 18.5. The largest absolute Gasteiger partial charge is 0.360 e. The average molecular weight is 231 g/mol. The van der Waals surface area contributed by atoms with Crippen LogP contribution < -0.4 is 10.2 Å². The molecule has 17 heavy (non-hydrogen) atoms. The van der Waals surface area contributed by atoms with Crippen LogP contribution >= 0.6 is 0 Å². The van der Waals surface area contributed by atoms with Gasteiger partial charge in [0.15, 0.2) is 0 Å². The summed E-state index contributed by atoms with van der Waals surface area (Å²) in [6, 6.07) is 9.25. The quantitative estimate of drug-likeness (QED) is 0.633. The molecular formula is C12H15N4O+. The third kappa shape index (κ3) is 3.59. The second kappa shape index (κ2) is 6.03. The molecule has 1 aliphatic rings. The number of carbonyl (C=O) groups excluding carboxylic acids is 1. The number of amides is 1. The molecule has 1 N–H and O–H groups in total. The van der Waals surface area contributed by atoms with Gasteiger partial charge in [0, 0.05) is 11.6 Å². The van der Waals surface area contributed by atoms with Crippen LogP contribution in [0.3, 0.4) is 0 Å². The minimum Gasteiger partial charge on any atom is -0.312 e. The summed E-state index contributed by atoms with van der Waals surface area (Å²) in [5.41, 5.74) is 0.533. The molecule has 1 saturated heterocycles. The number of hydrogen-bond donors (Lipinski definition) is 1. The lowest BCUT2D eigenvalue weighted by Gasteiger charge is -1.98. The van der Waals surface area contributed by atoms with E-state index in [1.807, 2.05) is 6.07 Å². The van der Waals surface area contributed by atoms with Crippen LogP contribution in [-0.2, 0) is 0 Å². The Bertz CT molecular complexity index is 431. The van der Waals surface area contributed by atoms with Crippen LogP contribution in [0.15, 0.2) is 40.6 Å². The maximum atomic E-state index is 11.5. The highest BCUT2D eigenvalue weighted by Crippen LogP contribution is 2.04. The molecule has 0 unspecified atom stereocenters. The van der Waals surface area contributed by atoms with E-state index in [2.05, 4.69) is 20.5 Å². The molecule has 0 aliphatic carbocycles. The Morgan fingerprint density at radius 1 is 1.41 bits per heavy atom. The number of nitrogens with one attached hydrogen (secondary N) is 1. The Morgan fingerprint density at radius 2 is 2.24 bits per heavy atom. The maximum Gasteiger partial charge on any atom is 0.360 e. The SMILES string of the molecule is O=C(N=[N+]=NC[C@@H]1CCCN1)c1ccccc1. The van der Waals surface area contributed by atoms with E-state index in [9.17, 15) is 4.79 Å². The van der Waals surface area contributed by atoms with Crippen LogP contribution in [0.4, 0.5) is 0 Å². The number of hydrogen-bond acceptors (Lipinski definition) is 3. The van der Waals surface area contributed by atoms with Crippen molar-refractivity contribution in [2.45, 2.75) is 18.9 Å². The van der Waals surface area contributed by atoms with Gasteiger partial charge in [-0.25, -0.2) is 0 Å². The smallest absolute Gasteiger partial charge is 0.312 e. The van der Waals surface area contributed by atoms with E-state index in [1.54, 1.807) is 24.3 Å². The monoisotopic (exact) mass is 231 g/mol. The van der Waals surface area contributed by atoms with E-state index < -0.39 is 0 Å². The zero-order valence-corrected chi connectivity index (χ0v) is 9.54. The molecule has 5 nitrogen and oxygen atoms in total. The molecule has 0 spiro atoms. The van der Waals surface area contributed by atoms with Gasteiger partial charge in [-0.1, -0.05) is 18.2 Å². The Hall–Kier alpha value is -1.84. The van der Waals surface area contributed by atoms with Gasteiger partial charge in [0.1, 0.15) is 11.7 Å². The first-order valence-electron chi connectivity index (χ1n) is 5.76. The summed E-state index contributed by atoms with van der Waals surface area (Å²) in [4.78, 5) is 15.1. The van der Waals surface area contributed by atoms with Gasteiger partial charge in [-0.15, -0.1) is 0 Å². The molecule has 5 heteroatoms. The first-order valence-corrected chi connectivity index (χ1v) is 5.76. The lowest BCUT2D eigenvalue weighted by molar-refractivity contribution is 0.0992. The molecule has 1 aromatic carbocycles. The number of benzene rings is 1. The summed E-state index contributed by atoms with van der Waals surface area (Å²) < 4.78 is 0. The van der Waals surface area contributed by atoms with Crippen molar-refractivity contribution in [1.82, 2.24) is 10.2 Å². The van der Waals surface area contributed by atoms with Crippen LogP contribution in [0.2, 0.25) is 0 Å². The summed E-state index contributed by atoms with van der Waals surface area (Å²) in [5.74, 6) is -0.353. The van der Waals surface area contributed by atoms with E-state index in [4.69, 9.17) is 0 Å². The molecule has 88 valence electrons. The van der Waals surface area contributed by atoms with Crippen molar-refractivity contribution in [3.8, 4) is 0 Å². The third-order valence-corrected chi connectivity index (χ3v) is 2.68. The summed E-state index contributed by atoms with van der Waals surface area (Å²) in [6.45, 7) is 1.63. The molecule has 1 aromatic rings. The molecule has 1 aliphatic heterocycles. The zero-order valence-electron chi connectivity index (χ0n) is 9.54. The van der Waals surface area contributed by atoms with Crippen molar-refractivity contribution in [2.24, 2.45) is 10.2 Å². The third-order valence-electron chi connectivity index (χ3n) is 2.68. The molecule has 2 rings (SSSR count). The molecule has 1 amide bonds. The molecule has 0 saturated carbocycles. The lowest BCUT2D eigenvalue weighted by atomic mass is 10.2. The first-order chi connectivity index (χ1) is 8.36. The maximum absolute atomic E-state index is 11.5. The highest BCUT2D eigenvalue weighted by atomic mass is 16.1. The van der Waals surface area contributed by atoms with Crippen LogP contribution in [0, 0.1) is 0 Å². The van der Waals surface area contributed by atoms with Crippen LogP contribution in [0.25, 0.3) is 0 Å². The van der Waals surface area contributed by atoms with Gasteiger partial charge in [0.05, 0.1) is 0 Å². The van der Waals surface area contributed by atoms with Gasteiger partial charge >= 0.3 is 5.91 Å². The number of nitrogens with zero attached hydrogens (tertiary/aromatic N) is 3. The van der Waals surface area contributed by atoms with Crippen molar-refractivity contribution < 1.29 is 4.79 Å². The summed E-state index contributed by atoms with van der Waals surface area (Å²) >= 11 is 0. The van der Waals surface area contributed by atoms with Crippen molar-refractivity contribution >= 4 is 5.91 Å². The van der Waals surface area contributed by atoms with Crippen LogP contribution in [0.1, 0.15) is 23.2 Å².